The predicted octanol–water partition coefficient (Wildman–Crippen LogP) is 2.60. The van der Waals surface area contributed by atoms with Crippen LogP contribution < -0.4 is 5.32 Å². The molecule has 5 nitrogen and oxygen atoms in total. The van der Waals surface area contributed by atoms with E-state index in [4.69, 9.17) is 4.52 Å². The molecule has 2 heterocycles. The molecule has 0 unspecified atom stereocenters. The van der Waals surface area contributed by atoms with Gasteiger partial charge in [0.1, 0.15) is 5.00 Å². The molecule has 0 aliphatic carbocycles. The first-order valence-electron chi connectivity index (χ1n) is 5.20. The number of rotatable bonds is 3. The molecule has 3 rings (SSSR count). The molecule has 0 atom stereocenters. The fourth-order valence-electron chi connectivity index (χ4n) is 1.59. The molecular formula is C11H10N4OS. The van der Waals surface area contributed by atoms with Gasteiger partial charge >= 0.3 is 0 Å². The molecule has 0 aliphatic heterocycles. The third kappa shape index (κ3) is 1.99. The third-order valence-electron chi connectivity index (χ3n) is 2.36. The first-order valence-corrected chi connectivity index (χ1v) is 5.98. The maximum Gasteiger partial charge on any atom is 0.223 e. The number of aromatic nitrogens is 3. The summed E-state index contributed by atoms with van der Waals surface area (Å²) in [5.41, 5.74) is 1.00. The van der Waals surface area contributed by atoms with Crippen LogP contribution >= 0.6 is 11.5 Å². The summed E-state index contributed by atoms with van der Waals surface area (Å²) < 4.78 is 9.26. The van der Waals surface area contributed by atoms with Gasteiger partial charge in [0, 0.05) is 12.3 Å². The topological polar surface area (TPSA) is 63.8 Å². The van der Waals surface area contributed by atoms with Crippen molar-refractivity contribution in [1.29, 1.82) is 0 Å². The minimum Gasteiger partial charge on any atom is -0.368 e. The predicted molar refractivity (Wildman–Crippen MR) is 66.0 cm³/mol. The second kappa shape index (κ2) is 4.14. The Morgan fingerprint density at radius 2 is 2.24 bits per heavy atom. The highest BCUT2D eigenvalue weighted by Gasteiger charge is 2.06. The fourth-order valence-corrected chi connectivity index (χ4v) is 2.35. The zero-order chi connectivity index (χ0) is 11.7. The number of hydrogen-bond acceptors (Lipinski definition) is 6. The average Bonchev–Trinajstić information content (AvgIpc) is 2.93. The number of benzene rings is 1. The van der Waals surface area contributed by atoms with Gasteiger partial charge in [-0.3, -0.25) is 0 Å². The standard InChI is InChI=1S/C11H10N4OS/c1-7-13-10(14-16-7)6-12-11-8-4-2-3-5-9(8)15-17-11/h2-5,12H,6H2,1H3. The Balaban J connectivity index is 1.81. The average molecular weight is 246 g/mol. The van der Waals surface area contributed by atoms with Crippen molar-refractivity contribution in [2.24, 2.45) is 0 Å². The van der Waals surface area contributed by atoms with E-state index in [1.807, 2.05) is 24.3 Å². The number of nitrogens with zero attached hydrogens (tertiary/aromatic N) is 3. The molecule has 0 radical (unpaired) electrons. The summed E-state index contributed by atoms with van der Waals surface area (Å²) in [7, 11) is 0. The quantitative estimate of drug-likeness (QED) is 0.769. The SMILES string of the molecule is Cc1nc(CNc2snc3ccccc23)no1. The molecule has 6 heteroatoms. The van der Waals surface area contributed by atoms with E-state index in [9.17, 15) is 0 Å². The molecule has 86 valence electrons. The van der Waals surface area contributed by atoms with Gasteiger partial charge in [-0.15, -0.1) is 0 Å². The molecule has 0 bridgehead atoms. The van der Waals surface area contributed by atoms with Gasteiger partial charge in [-0.05, 0) is 23.7 Å². The van der Waals surface area contributed by atoms with Crippen LogP contribution in [0.5, 0.6) is 0 Å². The van der Waals surface area contributed by atoms with E-state index in [0.29, 0.717) is 18.3 Å². The normalized spacial score (nSPS) is 10.9. The summed E-state index contributed by atoms with van der Waals surface area (Å²) >= 11 is 1.44. The largest absolute Gasteiger partial charge is 0.368 e. The van der Waals surface area contributed by atoms with Crippen LogP contribution in [0.4, 0.5) is 5.00 Å². The second-order valence-corrected chi connectivity index (χ2v) is 4.39. The summed E-state index contributed by atoms with van der Waals surface area (Å²) in [5, 5.41) is 9.25. The lowest BCUT2D eigenvalue weighted by atomic mass is 10.2. The third-order valence-corrected chi connectivity index (χ3v) is 3.20. The van der Waals surface area contributed by atoms with E-state index >= 15 is 0 Å². The van der Waals surface area contributed by atoms with Gasteiger partial charge < -0.3 is 9.84 Å². The molecule has 3 aromatic rings. The van der Waals surface area contributed by atoms with Crippen molar-refractivity contribution in [2.75, 3.05) is 5.32 Å². The first-order chi connectivity index (χ1) is 8.33. The monoisotopic (exact) mass is 246 g/mol. The summed E-state index contributed by atoms with van der Waals surface area (Å²) in [5.74, 6) is 1.23. The molecule has 0 saturated heterocycles. The van der Waals surface area contributed by atoms with E-state index in [0.717, 1.165) is 15.9 Å². The Labute approximate surface area is 102 Å². The molecule has 1 aromatic carbocycles. The lowest BCUT2D eigenvalue weighted by Gasteiger charge is -1.98. The van der Waals surface area contributed by atoms with Crippen molar-refractivity contribution in [3.8, 4) is 0 Å². The fraction of sp³-hybridized carbons (Fsp3) is 0.182. The molecule has 2 aromatic heterocycles. The lowest BCUT2D eigenvalue weighted by Crippen LogP contribution is -1.99. The Kier molecular flexibility index (Phi) is 2.49. The maximum absolute atomic E-state index is 4.91. The van der Waals surface area contributed by atoms with Crippen LogP contribution in [0, 0.1) is 6.92 Å². The van der Waals surface area contributed by atoms with Crippen LogP contribution in [0.1, 0.15) is 11.7 Å². The van der Waals surface area contributed by atoms with Crippen molar-refractivity contribution in [1.82, 2.24) is 14.5 Å². The van der Waals surface area contributed by atoms with Gasteiger partial charge in [0.2, 0.25) is 5.89 Å². The molecular weight excluding hydrogens is 236 g/mol. The van der Waals surface area contributed by atoms with Crippen LogP contribution in [-0.2, 0) is 6.54 Å². The second-order valence-electron chi connectivity index (χ2n) is 3.61. The lowest BCUT2D eigenvalue weighted by molar-refractivity contribution is 0.388. The van der Waals surface area contributed by atoms with Crippen LogP contribution in [0.3, 0.4) is 0 Å². The first kappa shape index (κ1) is 10.2. The summed E-state index contributed by atoms with van der Waals surface area (Å²) in [4.78, 5) is 4.13. The zero-order valence-electron chi connectivity index (χ0n) is 9.17. The highest BCUT2D eigenvalue weighted by atomic mass is 32.1. The zero-order valence-corrected chi connectivity index (χ0v) is 9.99. The smallest absolute Gasteiger partial charge is 0.223 e. The van der Waals surface area contributed by atoms with Crippen molar-refractivity contribution < 1.29 is 4.52 Å². The summed E-state index contributed by atoms with van der Waals surface area (Å²) in [6.45, 7) is 2.32. The van der Waals surface area contributed by atoms with Crippen molar-refractivity contribution in [3.05, 3.63) is 36.0 Å². The minimum atomic E-state index is 0.545. The van der Waals surface area contributed by atoms with Crippen molar-refractivity contribution in [3.63, 3.8) is 0 Å². The van der Waals surface area contributed by atoms with Crippen LogP contribution in [0.15, 0.2) is 28.8 Å². The number of anilines is 1. The highest BCUT2D eigenvalue weighted by molar-refractivity contribution is 7.11. The van der Waals surface area contributed by atoms with Crippen molar-refractivity contribution >= 4 is 27.4 Å². The summed E-state index contributed by atoms with van der Waals surface area (Å²) in [6, 6.07) is 8.02. The van der Waals surface area contributed by atoms with Crippen LogP contribution in [-0.4, -0.2) is 14.5 Å². The Hall–Kier alpha value is -1.95. The highest BCUT2D eigenvalue weighted by Crippen LogP contribution is 2.27. The van der Waals surface area contributed by atoms with Gasteiger partial charge in [0.15, 0.2) is 5.82 Å². The van der Waals surface area contributed by atoms with Crippen molar-refractivity contribution in [2.45, 2.75) is 13.5 Å². The molecule has 17 heavy (non-hydrogen) atoms. The molecule has 0 fully saturated rings. The van der Waals surface area contributed by atoms with Gasteiger partial charge in [0.05, 0.1) is 12.1 Å². The van der Waals surface area contributed by atoms with E-state index in [2.05, 4.69) is 19.8 Å². The molecule has 0 spiro atoms. The Bertz CT molecular complexity index is 646. The molecule has 0 aliphatic rings. The Morgan fingerprint density at radius 1 is 1.35 bits per heavy atom. The van der Waals surface area contributed by atoms with E-state index in [1.165, 1.54) is 11.5 Å². The maximum atomic E-state index is 4.91. The Morgan fingerprint density at radius 3 is 3.06 bits per heavy atom. The van der Waals surface area contributed by atoms with Gasteiger partial charge in [0.25, 0.3) is 0 Å². The van der Waals surface area contributed by atoms with Crippen LogP contribution in [0.2, 0.25) is 0 Å². The van der Waals surface area contributed by atoms with E-state index in [1.54, 1.807) is 6.92 Å². The molecule has 0 amide bonds. The van der Waals surface area contributed by atoms with Gasteiger partial charge in [-0.25, -0.2) is 0 Å². The van der Waals surface area contributed by atoms with Gasteiger partial charge in [-0.1, -0.05) is 17.3 Å². The van der Waals surface area contributed by atoms with Gasteiger partial charge in [-0.2, -0.15) is 9.36 Å². The number of nitrogens with one attached hydrogen (secondary N) is 1. The number of aryl methyl sites for hydroxylation is 1. The molecule has 1 N–H and O–H groups in total. The number of hydrogen-bond donors (Lipinski definition) is 1. The number of fused-ring (bicyclic) bond motifs is 1. The van der Waals surface area contributed by atoms with E-state index in [-0.39, 0.29) is 0 Å². The van der Waals surface area contributed by atoms with E-state index < -0.39 is 0 Å². The summed E-state index contributed by atoms with van der Waals surface area (Å²) in [6.07, 6.45) is 0. The van der Waals surface area contributed by atoms with Crippen LogP contribution in [0.25, 0.3) is 10.9 Å². The molecule has 0 saturated carbocycles. The minimum absolute atomic E-state index is 0.545.